The second-order valence-electron chi connectivity index (χ2n) is 7.28. The van der Waals surface area contributed by atoms with E-state index in [9.17, 15) is 0 Å². The lowest BCUT2D eigenvalue weighted by atomic mass is 9.92. The van der Waals surface area contributed by atoms with Gasteiger partial charge < -0.3 is 10.2 Å². The van der Waals surface area contributed by atoms with Crippen molar-refractivity contribution in [1.29, 1.82) is 0 Å². The number of likely N-dealkylation sites (N-methyl/N-ethyl adjacent to an activating group) is 1. The Kier molecular flexibility index (Phi) is 3.66. The lowest BCUT2D eigenvalue weighted by molar-refractivity contribution is 0.333. The summed E-state index contributed by atoms with van der Waals surface area (Å²) in [5.74, 6) is 0.807. The molecule has 1 aromatic heterocycles. The van der Waals surface area contributed by atoms with Gasteiger partial charge in [-0.3, -0.25) is 4.68 Å². The molecule has 2 fully saturated rings. The Morgan fingerprint density at radius 2 is 2.14 bits per heavy atom. The van der Waals surface area contributed by atoms with Crippen LogP contribution < -0.4 is 5.32 Å². The van der Waals surface area contributed by atoms with Gasteiger partial charge >= 0.3 is 0 Å². The molecule has 4 heteroatoms. The van der Waals surface area contributed by atoms with E-state index in [0.717, 1.165) is 24.5 Å². The molecule has 22 heavy (non-hydrogen) atoms. The van der Waals surface area contributed by atoms with Gasteiger partial charge in [-0.15, -0.1) is 0 Å². The van der Waals surface area contributed by atoms with Crippen LogP contribution in [0.4, 0.5) is 0 Å². The summed E-state index contributed by atoms with van der Waals surface area (Å²) >= 11 is 0. The van der Waals surface area contributed by atoms with Gasteiger partial charge in [0.25, 0.3) is 0 Å². The first-order chi connectivity index (χ1) is 10.7. The number of nitrogens with zero attached hydrogens (tertiary/aromatic N) is 3. The fraction of sp³-hybridized carbons (Fsp3) is 0.611. The SMILES string of the molecule is C[C@H]1CC[C@H](c2ccc3nn([C@@H]4CCN(C)C4)cc3c2)NC1. The maximum absolute atomic E-state index is 4.80. The number of nitrogens with one attached hydrogen (secondary N) is 1. The van der Waals surface area contributed by atoms with Crippen molar-refractivity contribution >= 4 is 10.9 Å². The van der Waals surface area contributed by atoms with Crippen molar-refractivity contribution in [2.45, 2.75) is 38.3 Å². The van der Waals surface area contributed by atoms with E-state index >= 15 is 0 Å². The Labute approximate surface area is 132 Å². The van der Waals surface area contributed by atoms with Gasteiger partial charge in [0.15, 0.2) is 0 Å². The van der Waals surface area contributed by atoms with Crippen molar-refractivity contribution in [3.8, 4) is 0 Å². The van der Waals surface area contributed by atoms with Crippen molar-refractivity contribution in [2.24, 2.45) is 5.92 Å². The second kappa shape index (κ2) is 5.67. The molecule has 0 saturated carbocycles. The lowest BCUT2D eigenvalue weighted by Gasteiger charge is -2.28. The van der Waals surface area contributed by atoms with Gasteiger partial charge in [0.2, 0.25) is 0 Å². The van der Waals surface area contributed by atoms with Crippen molar-refractivity contribution in [1.82, 2.24) is 20.0 Å². The topological polar surface area (TPSA) is 33.1 Å². The van der Waals surface area contributed by atoms with Crippen LogP contribution in [0.1, 0.15) is 43.8 Å². The minimum absolute atomic E-state index is 0.515. The van der Waals surface area contributed by atoms with Crippen LogP contribution in [0.2, 0.25) is 0 Å². The predicted molar refractivity (Wildman–Crippen MR) is 90.0 cm³/mol. The first-order valence-electron chi connectivity index (χ1n) is 8.60. The van der Waals surface area contributed by atoms with E-state index in [1.807, 2.05) is 0 Å². The summed E-state index contributed by atoms with van der Waals surface area (Å²) in [6.45, 7) is 5.75. The van der Waals surface area contributed by atoms with Crippen molar-refractivity contribution < 1.29 is 0 Å². The highest BCUT2D eigenvalue weighted by Crippen LogP contribution is 2.29. The molecule has 4 rings (SSSR count). The molecule has 0 amide bonds. The molecule has 3 heterocycles. The van der Waals surface area contributed by atoms with Crippen molar-refractivity contribution in [3.05, 3.63) is 30.0 Å². The molecule has 0 radical (unpaired) electrons. The van der Waals surface area contributed by atoms with Crippen LogP contribution in [0.5, 0.6) is 0 Å². The van der Waals surface area contributed by atoms with Crippen molar-refractivity contribution in [3.63, 3.8) is 0 Å². The monoisotopic (exact) mass is 298 g/mol. The molecule has 2 aromatic rings. The fourth-order valence-electron chi connectivity index (χ4n) is 3.88. The van der Waals surface area contributed by atoms with E-state index in [0.29, 0.717) is 12.1 Å². The predicted octanol–water partition coefficient (Wildman–Crippen LogP) is 2.97. The largest absolute Gasteiger partial charge is 0.310 e. The highest BCUT2D eigenvalue weighted by molar-refractivity contribution is 5.79. The minimum atomic E-state index is 0.515. The summed E-state index contributed by atoms with van der Waals surface area (Å²) in [7, 11) is 2.19. The van der Waals surface area contributed by atoms with Gasteiger partial charge in [-0.1, -0.05) is 13.0 Å². The maximum atomic E-state index is 4.80. The Hall–Kier alpha value is -1.39. The Morgan fingerprint density at radius 1 is 1.23 bits per heavy atom. The van der Waals surface area contributed by atoms with Crippen LogP contribution in [0.25, 0.3) is 10.9 Å². The summed E-state index contributed by atoms with van der Waals surface area (Å²) in [6, 6.07) is 7.84. The van der Waals surface area contributed by atoms with Crippen LogP contribution in [-0.2, 0) is 0 Å². The summed E-state index contributed by atoms with van der Waals surface area (Å²) in [6.07, 6.45) is 6.02. The molecule has 118 valence electrons. The van der Waals surface area contributed by atoms with Crippen LogP contribution in [0, 0.1) is 5.92 Å². The molecule has 2 saturated heterocycles. The molecule has 0 aliphatic carbocycles. The molecule has 1 aromatic carbocycles. The normalized spacial score (nSPS) is 30.2. The standard InChI is InChI=1S/C18H26N4/c1-13-3-5-17(19-10-13)14-4-6-18-15(9-14)11-22(20-18)16-7-8-21(2)12-16/h4,6,9,11,13,16-17,19H,3,5,7-8,10,12H2,1-2H3/t13-,16+,17+/m0/s1. The number of hydrogen-bond acceptors (Lipinski definition) is 3. The van der Waals surface area contributed by atoms with E-state index < -0.39 is 0 Å². The Balaban J connectivity index is 1.58. The fourth-order valence-corrected chi connectivity index (χ4v) is 3.88. The molecule has 3 atom stereocenters. The average molecular weight is 298 g/mol. The van der Waals surface area contributed by atoms with Gasteiger partial charge in [0.1, 0.15) is 0 Å². The van der Waals surface area contributed by atoms with Gasteiger partial charge in [-0.2, -0.15) is 5.10 Å². The lowest BCUT2D eigenvalue weighted by Crippen LogP contribution is -2.31. The highest BCUT2D eigenvalue weighted by Gasteiger charge is 2.23. The van der Waals surface area contributed by atoms with Gasteiger partial charge in [0.05, 0.1) is 11.6 Å². The molecule has 2 aliphatic heterocycles. The number of hydrogen-bond donors (Lipinski definition) is 1. The van der Waals surface area contributed by atoms with Crippen LogP contribution >= 0.6 is 0 Å². The first-order valence-corrected chi connectivity index (χ1v) is 8.60. The summed E-state index contributed by atoms with van der Waals surface area (Å²) in [4.78, 5) is 2.38. The Morgan fingerprint density at radius 3 is 2.86 bits per heavy atom. The number of likely N-dealkylation sites (tertiary alicyclic amines) is 1. The third kappa shape index (κ3) is 2.66. The second-order valence-corrected chi connectivity index (χ2v) is 7.28. The molecule has 0 spiro atoms. The molecule has 0 unspecified atom stereocenters. The van der Waals surface area contributed by atoms with Crippen molar-refractivity contribution in [2.75, 3.05) is 26.7 Å². The molecule has 0 bridgehead atoms. The summed E-state index contributed by atoms with van der Waals surface area (Å²) in [5, 5.41) is 9.77. The molecular formula is C18H26N4. The zero-order valence-corrected chi connectivity index (χ0v) is 13.6. The summed E-state index contributed by atoms with van der Waals surface area (Å²) in [5.41, 5.74) is 2.55. The average Bonchev–Trinajstić information content (AvgIpc) is 3.13. The van der Waals surface area contributed by atoms with E-state index in [1.54, 1.807) is 0 Å². The molecule has 4 nitrogen and oxygen atoms in total. The number of rotatable bonds is 2. The zero-order valence-electron chi connectivity index (χ0n) is 13.6. The van der Waals surface area contributed by atoms with Gasteiger partial charge in [-0.05, 0) is 63.0 Å². The molecule has 1 N–H and O–H groups in total. The Bertz CT molecular complexity index is 654. The van der Waals surface area contributed by atoms with Crippen LogP contribution in [-0.4, -0.2) is 41.4 Å². The number of piperidine rings is 1. The minimum Gasteiger partial charge on any atom is -0.310 e. The van der Waals surface area contributed by atoms with E-state index in [4.69, 9.17) is 5.10 Å². The van der Waals surface area contributed by atoms with Gasteiger partial charge in [-0.25, -0.2) is 0 Å². The highest BCUT2D eigenvalue weighted by atomic mass is 15.3. The van der Waals surface area contributed by atoms with E-state index in [1.165, 1.54) is 36.8 Å². The number of aromatic nitrogens is 2. The molecular weight excluding hydrogens is 272 g/mol. The van der Waals surface area contributed by atoms with E-state index in [2.05, 4.69) is 53.3 Å². The van der Waals surface area contributed by atoms with Crippen LogP contribution in [0.15, 0.2) is 24.4 Å². The van der Waals surface area contributed by atoms with E-state index in [-0.39, 0.29) is 0 Å². The maximum Gasteiger partial charge on any atom is 0.0923 e. The quantitative estimate of drug-likeness (QED) is 0.925. The first kappa shape index (κ1) is 14.2. The number of fused-ring (bicyclic) bond motifs is 1. The zero-order chi connectivity index (χ0) is 15.1. The summed E-state index contributed by atoms with van der Waals surface area (Å²) < 4.78 is 2.19. The third-order valence-electron chi connectivity index (χ3n) is 5.35. The smallest absolute Gasteiger partial charge is 0.0923 e. The van der Waals surface area contributed by atoms with Crippen LogP contribution in [0.3, 0.4) is 0 Å². The van der Waals surface area contributed by atoms with Gasteiger partial charge in [0, 0.05) is 24.2 Å². The third-order valence-corrected chi connectivity index (χ3v) is 5.35. The number of benzene rings is 1. The molecule has 2 aliphatic rings.